The molecular weight excluding hydrogens is 299 g/mol. The van der Waals surface area contributed by atoms with E-state index in [2.05, 4.69) is 4.98 Å². The third kappa shape index (κ3) is 2.17. The second-order valence-corrected chi connectivity index (χ2v) is 6.52. The van der Waals surface area contributed by atoms with E-state index in [0.29, 0.717) is 12.1 Å². The molecule has 6 nitrogen and oxygen atoms in total. The summed E-state index contributed by atoms with van der Waals surface area (Å²) in [5.41, 5.74) is 0.828. The maximum Gasteiger partial charge on any atom is 0.352 e. The molecule has 2 N–H and O–H groups in total. The Bertz CT molecular complexity index is 828. The molecule has 8 heteroatoms. The fourth-order valence-electron chi connectivity index (χ4n) is 2.35. The number of aromatic amines is 1. The fourth-order valence-corrected chi connectivity index (χ4v) is 3.84. The summed E-state index contributed by atoms with van der Waals surface area (Å²) in [6, 6.07) is 5.06. The van der Waals surface area contributed by atoms with E-state index in [1.54, 1.807) is 6.07 Å². The van der Waals surface area contributed by atoms with Gasteiger partial charge in [0, 0.05) is 12.7 Å². The second-order valence-electron chi connectivity index (χ2n) is 4.65. The molecule has 0 amide bonds. The summed E-state index contributed by atoms with van der Waals surface area (Å²) in [4.78, 5) is 13.1. The fraction of sp³-hybridized carbons (Fsp3) is 0.154. The number of hydrogen-bond donors (Lipinski definition) is 2. The lowest BCUT2D eigenvalue weighted by Gasteiger charge is -2.18. The summed E-state index contributed by atoms with van der Waals surface area (Å²) >= 11 is 0. The highest BCUT2D eigenvalue weighted by atomic mass is 32.2. The number of nitrogens with zero attached hydrogens (tertiary/aromatic N) is 1. The number of hydrogen-bond acceptors (Lipinski definition) is 3. The molecule has 1 aromatic heterocycles. The number of fused-ring (bicyclic) bond motifs is 1. The molecule has 0 fully saturated rings. The van der Waals surface area contributed by atoms with E-state index in [1.165, 1.54) is 12.1 Å². The molecule has 0 saturated carbocycles. The Morgan fingerprint density at radius 3 is 2.76 bits per heavy atom. The first-order chi connectivity index (χ1) is 9.89. The van der Waals surface area contributed by atoms with E-state index in [1.807, 2.05) is 0 Å². The Kier molecular flexibility index (Phi) is 2.98. The van der Waals surface area contributed by atoms with Gasteiger partial charge in [-0.1, -0.05) is 6.07 Å². The van der Waals surface area contributed by atoms with E-state index < -0.39 is 21.8 Å². The number of sulfonamides is 1. The lowest BCUT2D eigenvalue weighted by atomic mass is 10.2. The highest BCUT2D eigenvalue weighted by Crippen LogP contribution is 2.33. The Balaban J connectivity index is 2.04. The van der Waals surface area contributed by atoms with Crippen LogP contribution < -0.4 is 4.31 Å². The van der Waals surface area contributed by atoms with Gasteiger partial charge in [-0.15, -0.1) is 0 Å². The van der Waals surface area contributed by atoms with Gasteiger partial charge in [-0.3, -0.25) is 4.31 Å². The van der Waals surface area contributed by atoms with Crippen LogP contribution in [0, 0.1) is 5.82 Å². The van der Waals surface area contributed by atoms with Gasteiger partial charge in [-0.25, -0.2) is 17.6 Å². The Hall–Kier alpha value is -2.35. The third-order valence-corrected chi connectivity index (χ3v) is 5.17. The van der Waals surface area contributed by atoms with Crippen molar-refractivity contribution < 1.29 is 22.7 Å². The molecule has 0 bridgehead atoms. The highest BCUT2D eigenvalue weighted by Gasteiger charge is 2.32. The highest BCUT2D eigenvalue weighted by molar-refractivity contribution is 7.92. The van der Waals surface area contributed by atoms with Gasteiger partial charge in [0.25, 0.3) is 10.0 Å². The van der Waals surface area contributed by atoms with E-state index in [9.17, 15) is 17.6 Å². The molecule has 1 aromatic carbocycles. The van der Waals surface area contributed by atoms with Crippen LogP contribution in [0.3, 0.4) is 0 Å². The first-order valence-electron chi connectivity index (χ1n) is 6.12. The molecule has 2 heterocycles. The maximum absolute atomic E-state index is 13.3. The molecular formula is C13H11FN2O4S. The monoisotopic (exact) mass is 310 g/mol. The summed E-state index contributed by atoms with van der Waals surface area (Å²) in [7, 11) is -3.91. The third-order valence-electron chi connectivity index (χ3n) is 3.38. The molecule has 0 unspecified atom stereocenters. The van der Waals surface area contributed by atoms with Crippen LogP contribution in [0.2, 0.25) is 0 Å². The summed E-state index contributed by atoms with van der Waals surface area (Å²) < 4.78 is 39.5. The van der Waals surface area contributed by atoms with Gasteiger partial charge in [0.1, 0.15) is 16.4 Å². The first kappa shape index (κ1) is 13.6. The van der Waals surface area contributed by atoms with Crippen molar-refractivity contribution in [1.82, 2.24) is 4.98 Å². The van der Waals surface area contributed by atoms with E-state index >= 15 is 0 Å². The van der Waals surface area contributed by atoms with E-state index in [4.69, 9.17) is 5.11 Å². The zero-order valence-corrected chi connectivity index (χ0v) is 11.5. The van der Waals surface area contributed by atoms with Crippen LogP contribution in [0.5, 0.6) is 0 Å². The van der Waals surface area contributed by atoms with Crippen molar-refractivity contribution in [3.63, 3.8) is 0 Å². The van der Waals surface area contributed by atoms with E-state index in [-0.39, 0.29) is 17.1 Å². The van der Waals surface area contributed by atoms with Gasteiger partial charge in [0.05, 0.1) is 5.69 Å². The van der Waals surface area contributed by atoms with Crippen LogP contribution >= 0.6 is 0 Å². The van der Waals surface area contributed by atoms with Crippen molar-refractivity contribution >= 4 is 21.7 Å². The molecule has 0 radical (unpaired) electrons. The normalized spacial score (nSPS) is 14.2. The van der Waals surface area contributed by atoms with Gasteiger partial charge in [-0.05, 0) is 30.2 Å². The number of rotatable bonds is 3. The number of aromatic nitrogens is 1. The number of carboxylic acids is 1. The van der Waals surface area contributed by atoms with Crippen LogP contribution in [-0.2, 0) is 16.4 Å². The van der Waals surface area contributed by atoms with Crippen LogP contribution in [0.4, 0.5) is 10.1 Å². The minimum Gasteiger partial charge on any atom is -0.477 e. The van der Waals surface area contributed by atoms with Gasteiger partial charge in [0.15, 0.2) is 0 Å². The lowest BCUT2D eigenvalue weighted by molar-refractivity contribution is 0.0691. The minimum absolute atomic E-state index is 0.156. The average Bonchev–Trinajstić information content (AvgIpc) is 3.05. The number of H-pyrrole nitrogens is 1. The van der Waals surface area contributed by atoms with Crippen molar-refractivity contribution in [2.45, 2.75) is 11.3 Å². The van der Waals surface area contributed by atoms with Crippen LogP contribution in [0.1, 0.15) is 16.1 Å². The number of benzene rings is 1. The number of anilines is 1. The van der Waals surface area contributed by atoms with Crippen LogP contribution in [0.15, 0.2) is 35.4 Å². The maximum atomic E-state index is 13.3. The lowest BCUT2D eigenvalue weighted by Crippen LogP contribution is -2.28. The van der Waals surface area contributed by atoms with Gasteiger partial charge in [-0.2, -0.15) is 0 Å². The first-order valence-corrected chi connectivity index (χ1v) is 7.56. The quantitative estimate of drug-likeness (QED) is 0.901. The van der Waals surface area contributed by atoms with Gasteiger partial charge < -0.3 is 10.1 Å². The molecule has 1 aliphatic rings. The molecule has 0 atom stereocenters. The van der Waals surface area contributed by atoms with Crippen molar-refractivity contribution in [2.24, 2.45) is 0 Å². The molecule has 0 saturated heterocycles. The van der Waals surface area contributed by atoms with Crippen molar-refractivity contribution in [2.75, 3.05) is 10.8 Å². The zero-order valence-electron chi connectivity index (χ0n) is 10.7. The topological polar surface area (TPSA) is 90.5 Å². The van der Waals surface area contributed by atoms with Crippen LogP contribution in [-0.4, -0.2) is 31.0 Å². The summed E-state index contributed by atoms with van der Waals surface area (Å²) in [6.45, 7) is 0.203. The zero-order chi connectivity index (χ0) is 15.2. The second kappa shape index (κ2) is 4.59. The minimum atomic E-state index is -3.91. The Labute approximate surface area is 119 Å². The largest absolute Gasteiger partial charge is 0.477 e. The number of nitrogens with one attached hydrogen (secondary N) is 1. The number of aromatic carboxylic acids is 1. The molecule has 3 rings (SSSR count). The molecule has 0 aliphatic carbocycles. The standard InChI is InChI=1S/C13H11FN2O4S/c14-9-2-1-8-3-4-16(12(8)5-9)21(19,20)10-6-11(13(17)18)15-7-10/h1-2,5-7,15H,3-4H2,(H,17,18). The number of carbonyl (C=O) groups is 1. The van der Waals surface area contributed by atoms with E-state index in [0.717, 1.165) is 22.1 Å². The number of carboxylic acid groups (broad SMARTS) is 1. The van der Waals surface area contributed by atoms with Gasteiger partial charge in [0.2, 0.25) is 0 Å². The van der Waals surface area contributed by atoms with Crippen molar-refractivity contribution in [3.05, 3.63) is 47.5 Å². The van der Waals surface area contributed by atoms with Crippen LogP contribution in [0.25, 0.3) is 0 Å². The Morgan fingerprint density at radius 2 is 2.10 bits per heavy atom. The van der Waals surface area contributed by atoms with Crippen molar-refractivity contribution in [1.29, 1.82) is 0 Å². The van der Waals surface area contributed by atoms with Crippen molar-refractivity contribution in [3.8, 4) is 0 Å². The predicted octanol–water partition coefficient (Wildman–Crippen LogP) is 1.60. The van der Waals surface area contributed by atoms with Gasteiger partial charge >= 0.3 is 5.97 Å². The Morgan fingerprint density at radius 1 is 1.33 bits per heavy atom. The number of halogens is 1. The average molecular weight is 310 g/mol. The molecule has 0 spiro atoms. The summed E-state index contributed by atoms with van der Waals surface area (Å²) in [5, 5.41) is 8.83. The molecule has 1 aliphatic heterocycles. The SMILES string of the molecule is O=C(O)c1cc(S(=O)(=O)N2CCc3ccc(F)cc32)c[nH]1. The summed E-state index contributed by atoms with van der Waals surface area (Å²) in [5.74, 6) is -1.76. The molecule has 21 heavy (non-hydrogen) atoms. The summed E-state index contributed by atoms with van der Waals surface area (Å²) in [6.07, 6.45) is 1.61. The predicted molar refractivity (Wildman–Crippen MR) is 72.4 cm³/mol. The molecule has 2 aromatic rings. The smallest absolute Gasteiger partial charge is 0.352 e. The molecule has 110 valence electrons.